The van der Waals surface area contributed by atoms with Crippen molar-refractivity contribution in [1.82, 2.24) is 10.5 Å². The number of aromatic nitrogens is 1. The molecule has 1 N–H and O–H groups in total. The van der Waals surface area contributed by atoms with Gasteiger partial charge < -0.3 is 19.3 Å². The lowest BCUT2D eigenvalue weighted by molar-refractivity contribution is 0.236. The molecule has 106 valence electrons. The van der Waals surface area contributed by atoms with Gasteiger partial charge in [-0.2, -0.15) is 0 Å². The fourth-order valence-electron chi connectivity index (χ4n) is 2.03. The molecule has 0 spiro atoms. The molecule has 1 fully saturated rings. The molecule has 3 rings (SSSR count). The standard InChI is InChI=1S/C15H18N2O3/c1-18-14-4-2-3-11(9-16-12-5-6-12)15(14)19-10-13-7-8-17-20-13/h2-4,7-8,12,16H,5-6,9-10H2,1H3. The molecule has 0 atom stereocenters. The highest BCUT2D eigenvalue weighted by Gasteiger charge is 2.21. The van der Waals surface area contributed by atoms with Crippen LogP contribution in [0.4, 0.5) is 0 Å². The number of methoxy groups -OCH3 is 1. The maximum Gasteiger partial charge on any atom is 0.174 e. The summed E-state index contributed by atoms with van der Waals surface area (Å²) in [4.78, 5) is 0. The Kier molecular flexibility index (Phi) is 3.87. The van der Waals surface area contributed by atoms with Crippen LogP contribution in [0.25, 0.3) is 0 Å². The summed E-state index contributed by atoms with van der Waals surface area (Å²) in [6.45, 7) is 1.13. The highest BCUT2D eigenvalue weighted by atomic mass is 16.5. The average Bonchev–Trinajstić information content (AvgIpc) is 3.17. The lowest BCUT2D eigenvalue weighted by Gasteiger charge is -2.14. The highest BCUT2D eigenvalue weighted by Crippen LogP contribution is 2.32. The van der Waals surface area contributed by atoms with Gasteiger partial charge in [-0.05, 0) is 18.9 Å². The van der Waals surface area contributed by atoms with Crippen molar-refractivity contribution in [3.63, 3.8) is 0 Å². The first-order valence-electron chi connectivity index (χ1n) is 6.78. The lowest BCUT2D eigenvalue weighted by Crippen LogP contribution is -2.16. The van der Waals surface area contributed by atoms with Crippen LogP contribution < -0.4 is 14.8 Å². The summed E-state index contributed by atoms with van der Waals surface area (Å²) in [7, 11) is 1.65. The zero-order chi connectivity index (χ0) is 13.8. The fraction of sp³-hybridized carbons (Fsp3) is 0.400. The molecule has 1 saturated carbocycles. The topological polar surface area (TPSA) is 56.5 Å². The quantitative estimate of drug-likeness (QED) is 0.840. The van der Waals surface area contributed by atoms with Crippen LogP contribution in [0.15, 0.2) is 35.0 Å². The van der Waals surface area contributed by atoms with E-state index in [9.17, 15) is 0 Å². The molecule has 0 unspecified atom stereocenters. The molecule has 1 aliphatic carbocycles. The van der Waals surface area contributed by atoms with E-state index < -0.39 is 0 Å². The number of benzene rings is 1. The monoisotopic (exact) mass is 274 g/mol. The van der Waals surface area contributed by atoms with Gasteiger partial charge in [0.05, 0.1) is 13.3 Å². The van der Waals surface area contributed by atoms with Gasteiger partial charge >= 0.3 is 0 Å². The molecule has 2 aromatic rings. The van der Waals surface area contributed by atoms with Crippen LogP contribution in [-0.4, -0.2) is 18.3 Å². The van der Waals surface area contributed by atoms with Crippen LogP contribution in [0, 0.1) is 0 Å². The minimum atomic E-state index is 0.344. The van der Waals surface area contributed by atoms with Gasteiger partial charge in [0, 0.05) is 24.2 Å². The number of para-hydroxylation sites is 1. The summed E-state index contributed by atoms with van der Waals surface area (Å²) in [5.74, 6) is 2.19. The SMILES string of the molecule is COc1cccc(CNC2CC2)c1OCc1ccno1. The Bertz CT molecular complexity index is 550. The average molecular weight is 274 g/mol. The number of nitrogens with one attached hydrogen (secondary N) is 1. The third kappa shape index (κ3) is 3.11. The van der Waals surface area contributed by atoms with Crippen molar-refractivity contribution in [2.24, 2.45) is 0 Å². The number of hydrogen-bond donors (Lipinski definition) is 1. The van der Waals surface area contributed by atoms with E-state index in [0.29, 0.717) is 18.4 Å². The van der Waals surface area contributed by atoms with E-state index in [1.165, 1.54) is 12.8 Å². The second-order valence-corrected chi connectivity index (χ2v) is 4.87. The van der Waals surface area contributed by atoms with Crippen molar-refractivity contribution in [2.45, 2.75) is 32.0 Å². The van der Waals surface area contributed by atoms with Crippen molar-refractivity contribution in [1.29, 1.82) is 0 Å². The summed E-state index contributed by atoms with van der Waals surface area (Å²) in [5.41, 5.74) is 1.09. The van der Waals surface area contributed by atoms with E-state index >= 15 is 0 Å². The van der Waals surface area contributed by atoms with E-state index in [1.807, 2.05) is 18.2 Å². The number of rotatable bonds is 7. The van der Waals surface area contributed by atoms with Gasteiger partial charge in [-0.15, -0.1) is 0 Å². The normalized spacial score (nSPS) is 14.2. The second-order valence-electron chi connectivity index (χ2n) is 4.87. The molecule has 20 heavy (non-hydrogen) atoms. The van der Waals surface area contributed by atoms with Gasteiger partial charge in [0.1, 0.15) is 6.61 Å². The lowest BCUT2D eigenvalue weighted by atomic mass is 10.2. The minimum Gasteiger partial charge on any atom is -0.493 e. The van der Waals surface area contributed by atoms with E-state index in [2.05, 4.69) is 10.5 Å². The molecule has 5 nitrogen and oxygen atoms in total. The Hall–Kier alpha value is -2.01. The Morgan fingerprint density at radius 2 is 2.25 bits per heavy atom. The van der Waals surface area contributed by atoms with E-state index in [-0.39, 0.29) is 0 Å². The van der Waals surface area contributed by atoms with Gasteiger partial charge in [0.2, 0.25) is 0 Å². The second kappa shape index (κ2) is 5.96. The number of hydrogen-bond acceptors (Lipinski definition) is 5. The molecule has 5 heteroatoms. The number of ether oxygens (including phenoxy) is 2. The molecule has 0 radical (unpaired) electrons. The van der Waals surface area contributed by atoms with Crippen LogP contribution >= 0.6 is 0 Å². The molecule has 0 bridgehead atoms. The van der Waals surface area contributed by atoms with Gasteiger partial charge in [-0.1, -0.05) is 17.3 Å². The van der Waals surface area contributed by atoms with Crippen molar-refractivity contribution in [3.8, 4) is 11.5 Å². The van der Waals surface area contributed by atoms with E-state index in [4.69, 9.17) is 14.0 Å². The third-order valence-corrected chi connectivity index (χ3v) is 3.29. The first-order chi connectivity index (χ1) is 9.86. The van der Waals surface area contributed by atoms with Gasteiger partial charge in [-0.25, -0.2) is 0 Å². The highest BCUT2D eigenvalue weighted by molar-refractivity contribution is 5.46. The van der Waals surface area contributed by atoms with Crippen molar-refractivity contribution in [3.05, 3.63) is 41.8 Å². The van der Waals surface area contributed by atoms with Crippen LogP contribution in [0.2, 0.25) is 0 Å². The van der Waals surface area contributed by atoms with Gasteiger partial charge in [-0.3, -0.25) is 0 Å². The maximum absolute atomic E-state index is 5.86. The van der Waals surface area contributed by atoms with Crippen LogP contribution in [0.3, 0.4) is 0 Å². The molecule has 0 aliphatic heterocycles. The van der Waals surface area contributed by atoms with Crippen molar-refractivity contribution >= 4 is 0 Å². The first-order valence-corrected chi connectivity index (χ1v) is 6.78. The Morgan fingerprint density at radius 3 is 2.95 bits per heavy atom. The Morgan fingerprint density at radius 1 is 1.35 bits per heavy atom. The first kappa shape index (κ1) is 13.0. The molecule has 0 saturated heterocycles. The summed E-state index contributed by atoms with van der Waals surface area (Å²) in [6, 6.07) is 8.37. The third-order valence-electron chi connectivity index (χ3n) is 3.29. The van der Waals surface area contributed by atoms with E-state index in [1.54, 1.807) is 19.4 Å². The zero-order valence-corrected chi connectivity index (χ0v) is 11.5. The molecule has 1 aliphatic rings. The predicted octanol–water partition coefficient (Wildman–Crippen LogP) is 2.51. The van der Waals surface area contributed by atoms with Crippen LogP contribution in [-0.2, 0) is 13.2 Å². The van der Waals surface area contributed by atoms with Crippen LogP contribution in [0.1, 0.15) is 24.2 Å². The van der Waals surface area contributed by atoms with Gasteiger partial charge in [0.25, 0.3) is 0 Å². The zero-order valence-electron chi connectivity index (χ0n) is 11.5. The number of nitrogens with zero attached hydrogens (tertiary/aromatic N) is 1. The molecule has 1 aromatic heterocycles. The van der Waals surface area contributed by atoms with Gasteiger partial charge in [0.15, 0.2) is 17.3 Å². The largest absolute Gasteiger partial charge is 0.493 e. The van der Waals surface area contributed by atoms with E-state index in [0.717, 1.165) is 23.6 Å². The smallest absolute Gasteiger partial charge is 0.174 e. The summed E-state index contributed by atoms with van der Waals surface area (Å²) in [6.07, 6.45) is 4.13. The molecular weight excluding hydrogens is 256 g/mol. The van der Waals surface area contributed by atoms with Crippen molar-refractivity contribution in [2.75, 3.05) is 7.11 Å². The summed E-state index contributed by atoms with van der Waals surface area (Å²) >= 11 is 0. The fourth-order valence-corrected chi connectivity index (χ4v) is 2.03. The van der Waals surface area contributed by atoms with Crippen molar-refractivity contribution < 1.29 is 14.0 Å². The minimum absolute atomic E-state index is 0.344. The predicted molar refractivity (Wildman–Crippen MR) is 73.7 cm³/mol. The Balaban J connectivity index is 1.73. The molecule has 1 aromatic carbocycles. The molecule has 0 amide bonds. The molecular formula is C15H18N2O3. The Labute approximate surface area is 117 Å². The summed E-state index contributed by atoms with van der Waals surface area (Å²) < 4.78 is 16.3. The summed E-state index contributed by atoms with van der Waals surface area (Å²) in [5, 5.41) is 7.16. The maximum atomic E-state index is 5.86. The molecule has 1 heterocycles. The van der Waals surface area contributed by atoms with Crippen LogP contribution in [0.5, 0.6) is 11.5 Å².